The third kappa shape index (κ3) is 4.33. The van der Waals surface area contributed by atoms with Gasteiger partial charge in [0, 0.05) is 0 Å². The molecule has 0 spiro atoms. The average molecular weight is 279 g/mol. The Kier molecular flexibility index (Phi) is 7.01. The second-order valence-corrected chi connectivity index (χ2v) is 5.02. The van der Waals surface area contributed by atoms with Crippen molar-refractivity contribution in [1.29, 1.82) is 0 Å². The maximum Gasteiger partial charge on any atom is 0.344 e. The zero-order chi connectivity index (χ0) is 11.1. The van der Waals surface area contributed by atoms with Gasteiger partial charge in [-0.3, -0.25) is 0 Å². The van der Waals surface area contributed by atoms with Crippen molar-refractivity contribution in [1.82, 2.24) is 0 Å². The number of carbonyl (C=O) groups is 1. The van der Waals surface area contributed by atoms with Crippen LogP contribution in [0.2, 0.25) is 0 Å². The highest BCUT2D eigenvalue weighted by Crippen LogP contribution is 2.33. The van der Waals surface area contributed by atoms with Gasteiger partial charge in [0.15, 0.2) is 0 Å². The van der Waals surface area contributed by atoms with E-state index < -0.39 is 0 Å². The van der Waals surface area contributed by atoms with E-state index in [1.165, 1.54) is 24.4 Å². The van der Waals surface area contributed by atoms with Crippen LogP contribution in [0.3, 0.4) is 0 Å². The summed E-state index contributed by atoms with van der Waals surface area (Å²) in [5.41, 5.74) is 1.22. The molecule has 14 heavy (non-hydrogen) atoms. The molecular formula is C10H15BrO2S. The number of thioether (sulfide) groups is 1. The molecule has 2 nitrogen and oxygen atoms in total. The Bertz CT molecular complexity index is 269. The van der Waals surface area contributed by atoms with Gasteiger partial charge in [-0.1, -0.05) is 30.3 Å². The molecule has 0 atom stereocenters. The van der Waals surface area contributed by atoms with Gasteiger partial charge < -0.3 is 4.74 Å². The molecule has 0 bridgehead atoms. The molecule has 0 aromatic heterocycles. The number of hydrogen-bond donors (Lipinski definition) is 0. The molecule has 0 fully saturated rings. The van der Waals surface area contributed by atoms with Crippen LogP contribution < -0.4 is 0 Å². The van der Waals surface area contributed by atoms with Crippen LogP contribution >= 0.6 is 27.7 Å². The van der Waals surface area contributed by atoms with Crippen molar-refractivity contribution in [2.45, 2.75) is 27.2 Å². The number of carbonyl (C=O) groups excluding carboxylic acids is 1. The molecule has 0 heterocycles. The van der Waals surface area contributed by atoms with Crippen LogP contribution in [0, 0.1) is 0 Å². The van der Waals surface area contributed by atoms with E-state index in [4.69, 9.17) is 0 Å². The van der Waals surface area contributed by atoms with Gasteiger partial charge in [0.25, 0.3) is 0 Å². The Morgan fingerprint density at radius 1 is 1.57 bits per heavy atom. The minimum Gasteiger partial charge on any atom is -0.465 e. The number of hydrogen-bond acceptors (Lipinski definition) is 3. The van der Waals surface area contributed by atoms with E-state index in [-0.39, 0.29) is 5.97 Å². The van der Waals surface area contributed by atoms with Crippen molar-refractivity contribution in [2.75, 3.05) is 7.11 Å². The molecule has 0 amide bonds. The second kappa shape index (κ2) is 7.12. The van der Waals surface area contributed by atoms with Crippen LogP contribution in [0.4, 0.5) is 0 Å². The number of allylic oxidation sites excluding steroid dienone is 2. The molecule has 0 saturated carbocycles. The highest BCUT2D eigenvalue weighted by Gasteiger charge is 2.11. The van der Waals surface area contributed by atoms with E-state index >= 15 is 0 Å². The Morgan fingerprint density at radius 2 is 2.14 bits per heavy atom. The van der Waals surface area contributed by atoms with Crippen molar-refractivity contribution < 1.29 is 9.53 Å². The predicted octanol–water partition coefficient (Wildman–Crippen LogP) is 3.83. The van der Waals surface area contributed by atoms with Crippen molar-refractivity contribution >= 4 is 33.7 Å². The lowest BCUT2D eigenvalue weighted by atomic mass is 10.3. The predicted molar refractivity (Wildman–Crippen MR) is 65.3 cm³/mol. The summed E-state index contributed by atoms with van der Waals surface area (Å²) in [5, 5.41) is 0. The van der Waals surface area contributed by atoms with Crippen molar-refractivity contribution in [3.63, 3.8) is 0 Å². The van der Waals surface area contributed by atoms with Crippen LogP contribution in [0.15, 0.2) is 20.4 Å². The van der Waals surface area contributed by atoms with E-state index in [9.17, 15) is 4.79 Å². The quantitative estimate of drug-likeness (QED) is 0.578. The summed E-state index contributed by atoms with van der Waals surface area (Å²) < 4.78 is 5.63. The molecule has 0 aromatic rings. The maximum atomic E-state index is 11.2. The topological polar surface area (TPSA) is 26.3 Å². The molecule has 0 aliphatic rings. The Hall–Kier alpha value is -0.220. The van der Waals surface area contributed by atoms with E-state index in [2.05, 4.69) is 27.6 Å². The number of halogens is 1. The molecule has 0 saturated heterocycles. The van der Waals surface area contributed by atoms with E-state index in [0.717, 1.165) is 10.2 Å². The standard InChI is InChI=1S/C10H15BrO2S/c1-5-7(3)9(11)14-8(6-2)10(12)13-4/h6H,5H2,1-4H3/b8-6-,9-7?. The lowest BCUT2D eigenvalue weighted by Crippen LogP contribution is -2.01. The first-order valence-corrected chi connectivity index (χ1v) is 5.95. The van der Waals surface area contributed by atoms with Gasteiger partial charge in [0.2, 0.25) is 0 Å². The van der Waals surface area contributed by atoms with E-state index in [1.54, 1.807) is 6.08 Å². The Morgan fingerprint density at radius 3 is 2.50 bits per heavy atom. The van der Waals surface area contributed by atoms with Crippen LogP contribution in [-0.2, 0) is 9.53 Å². The van der Waals surface area contributed by atoms with Crippen LogP contribution in [-0.4, -0.2) is 13.1 Å². The second-order valence-electron chi connectivity index (χ2n) is 2.65. The fourth-order valence-electron chi connectivity index (χ4n) is 0.642. The summed E-state index contributed by atoms with van der Waals surface area (Å²) in [5.74, 6) is -0.293. The first-order valence-electron chi connectivity index (χ1n) is 4.34. The first kappa shape index (κ1) is 13.8. The lowest BCUT2D eigenvalue weighted by molar-refractivity contribution is -0.135. The molecule has 0 aliphatic carbocycles. The molecule has 0 rings (SSSR count). The SMILES string of the molecule is C/C=C(\SC(Br)=C(C)CC)C(=O)OC. The number of esters is 1. The van der Waals surface area contributed by atoms with Gasteiger partial charge in [0.1, 0.15) is 0 Å². The zero-order valence-electron chi connectivity index (χ0n) is 8.89. The highest BCUT2D eigenvalue weighted by atomic mass is 79.9. The highest BCUT2D eigenvalue weighted by molar-refractivity contribution is 9.14. The maximum absolute atomic E-state index is 11.2. The number of rotatable bonds is 4. The molecule has 0 radical (unpaired) electrons. The molecule has 0 N–H and O–H groups in total. The van der Waals surface area contributed by atoms with Gasteiger partial charge in [0.05, 0.1) is 15.8 Å². The molecule has 0 aromatic carbocycles. The molecular weight excluding hydrogens is 264 g/mol. The van der Waals surface area contributed by atoms with Gasteiger partial charge in [-0.25, -0.2) is 4.79 Å². The monoisotopic (exact) mass is 278 g/mol. The minimum atomic E-state index is -0.293. The van der Waals surface area contributed by atoms with Gasteiger partial charge in [-0.2, -0.15) is 0 Å². The molecule has 0 unspecified atom stereocenters. The summed E-state index contributed by atoms with van der Waals surface area (Å²) in [6.07, 6.45) is 2.71. The number of methoxy groups -OCH3 is 1. The fourth-order valence-corrected chi connectivity index (χ4v) is 2.24. The summed E-state index contributed by atoms with van der Waals surface area (Å²) in [4.78, 5) is 11.8. The lowest BCUT2D eigenvalue weighted by Gasteiger charge is -2.05. The third-order valence-corrected chi connectivity index (χ3v) is 4.03. The molecule has 80 valence electrons. The third-order valence-electron chi connectivity index (χ3n) is 1.71. The average Bonchev–Trinajstić information content (AvgIpc) is 2.22. The van der Waals surface area contributed by atoms with Crippen molar-refractivity contribution in [3.8, 4) is 0 Å². The van der Waals surface area contributed by atoms with Gasteiger partial charge in [-0.15, -0.1) is 0 Å². The summed E-state index contributed by atoms with van der Waals surface area (Å²) >= 11 is 4.83. The Labute approximate surface area is 97.9 Å². The molecule has 0 aliphatic heterocycles. The van der Waals surface area contributed by atoms with Crippen molar-refractivity contribution in [3.05, 3.63) is 20.4 Å². The van der Waals surface area contributed by atoms with Crippen LogP contribution in [0.5, 0.6) is 0 Å². The van der Waals surface area contributed by atoms with E-state index in [1.807, 2.05) is 13.8 Å². The zero-order valence-corrected chi connectivity index (χ0v) is 11.3. The van der Waals surface area contributed by atoms with Crippen LogP contribution in [0.25, 0.3) is 0 Å². The first-order chi connectivity index (χ1) is 6.56. The van der Waals surface area contributed by atoms with Gasteiger partial charge >= 0.3 is 5.97 Å². The van der Waals surface area contributed by atoms with Crippen LogP contribution in [0.1, 0.15) is 27.2 Å². The minimum absolute atomic E-state index is 0.293. The Balaban J connectivity index is 4.58. The summed E-state index contributed by atoms with van der Waals surface area (Å²) in [7, 11) is 1.39. The summed E-state index contributed by atoms with van der Waals surface area (Å²) in [6, 6.07) is 0. The fraction of sp³-hybridized carbons (Fsp3) is 0.500. The van der Waals surface area contributed by atoms with Crippen molar-refractivity contribution in [2.24, 2.45) is 0 Å². The number of ether oxygens (including phenoxy) is 1. The smallest absolute Gasteiger partial charge is 0.344 e. The van der Waals surface area contributed by atoms with E-state index in [0.29, 0.717) is 4.91 Å². The largest absolute Gasteiger partial charge is 0.465 e. The summed E-state index contributed by atoms with van der Waals surface area (Å²) in [6.45, 7) is 5.92. The van der Waals surface area contributed by atoms with Gasteiger partial charge in [-0.05, 0) is 36.2 Å². The molecule has 4 heteroatoms. The normalized spacial score (nSPS) is 13.6.